The van der Waals surface area contributed by atoms with Gasteiger partial charge in [-0.15, -0.1) is 11.3 Å². The van der Waals surface area contributed by atoms with Crippen molar-refractivity contribution in [1.82, 2.24) is 0 Å². The van der Waals surface area contributed by atoms with Crippen LogP contribution < -0.4 is 0 Å². The molecule has 1 atom stereocenters. The smallest absolute Gasteiger partial charge is 0.171 e. The largest absolute Gasteiger partial charge is 0.415 e. The quantitative estimate of drug-likeness (QED) is 0.736. The van der Waals surface area contributed by atoms with Gasteiger partial charge in [-0.25, -0.2) is 0 Å². The lowest BCUT2D eigenvalue weighted by atomic mass is 9.95. The van der Waals surface area contributed by atoms with Crippen LogP contribution in [0.1, 0.15) is 28.8 Å². The third kappa shape index (κ3) is 3.54. The van der Waals surface area contributed by atoms with E-state index in [9.17, 15) is 0 Å². The summed E-state index contributed by atoms with van der Waals surface area (Å²) >= 11 is 1.81. The minimum absolute atomic E-state index is 0.465. The lowest BCUT2D eigenvalue weighted by molar-refractivity contribution is 0.318. The fraction of sp³-hybridized carbons (Fsp3) is 0.333. The summed E-state index contributed by atoms with van der Waals surface area (Å²) in [5, 5.41) is 2.26. The predicted octanol–water partition coefficient (Wildman–Crippen LogP) is 4.40. The standard InChI is InChI=1S/C15H20OSSi/c1-12(13-7-5-4-6-8-13)14-9-15(17-11-14)10-16-18(2)3/h4-9,11-12,18H,10H2,1-3H3. The zero-order chi connectivity index (χ0) is 13.0. The van der Waals surface area contributed by atoms with Crippen LogP contribution in [0.5, 0.6) is 0 Å². The number of hydrogen-bond acceptors (Lipinski definition) is 2. The molecular weight excluding hydrogens is 256 g/mol. The third-order valence-corrected chi connectivity index (χ3v) is 4.79. The Morgan fingerprint density at radius 3 is 2.56 bits per heavy atom. The van der Waals surface area contributed by atoms with Gasteiger partial charge in [-0.2, -0.15) is 0 Å². The van der Waals surface area contributed by atoms with Crippen molar-refractivity contribution in [2.75, 3.05) is 0 Å². The maximum Gasteiger partial charge on any atom is 0.171 e. The van der Waals surface area contributed by atoms with Gasteiger partial charge in [0.1, 0.15) is 0 Å². The third-order valence-electron chi connectivity index (χ3n) is 3.03. The first-order chi connectivity index (χ1) is 8.66. The summed E-state index contributed by atoms with van der Waals surface area (Å²) in [6, 6.07) is 13.0. The van der Waals surface area contributed by atoms with Gasteiger partial charge in [0, 0.05) is 10.8 Å². The first kappa shape index (κ1) is 13.5. The summed E-state index contributed by atoms with van der Waals surface area (Å²) in [7, 11) is -0.908. The molecule has 0 radical (unpaired) electrons. The topological polar surface area (TPSA) is 9.23 Å². The Kier molecular flexibility index (Phi) is 4.75. The van der Waals surface area contributed by atoms with E-state index in [1.165, 1.54) is 16.0 Å². The van der Waals surface area contributed by atoms with Crippen LogP contribution in [-0.4, -0.2) is 9.04 Å². The number of thiophene rings is 1. The second-order valence-electron chi connectivity index (χ2n) is 4.84. The lowest BCUT2D eigenvalue weighted by Crippen LogP contribution is -2.06. The van der Waals surface area contributed by atoms with E-state index in [1.54, 1.807) is 0 Å². The molecule has 0 aliphatic carbocycles. The molecule has 1 aromatic heterocycles. The molecule has 0 aliphatic rings. The Hall–Kier alpha value is -0.903. The second kappa shape index (κ2) is 6.32. The van der Waals surface area contributed by atoms with E-state index in [1.807, 2.05) is 11.3 Å². The van der Waals surface area contributed by atoms with E-state index in [4.69, 9.17) is 4.43 Å². The molecule has 0 aliphatic heterocycles. The highest BCUT2D eigenvalue weighted by molar-refractivity contribution is 7.10. The predicted molar refractivity (Wildman–Crippen MR) is 81.9 cm³/mol. The average molecular weight is 276 g/mol. The zero-order valence-corrected chi connectivity index (χ0v) is 13.2. The first-order valence-corrected chi connectivity index (χ1v) is 10.1. The van der Waals surface area contributed by atoms with Gasteiger partial charge in [-0.3, -0.25) is 0 Å². The van der Waals surface area contributed by atoms with Gasteiger partial charge in [-0.1, -0.05) is 37.3 Å². The van der Waals surface area contributed by atoms with Crippen molar-refractivity contribution in [1.29, 1.82) is 0 Å². The van der Waals surface area contributed by atoms with Crippen molar-refractivity contribution in [3.8, 4) is 0 Å². The monoisotopic (exact) mass is 276 g/mol. The molecule has 0 bridgehead atoms. The molecule has 0 saturated carbocycles. The van der Waals surface area contributed by atoms with E-state index in [0.717, 1.165) is 6.61 Å². The molecule has 0 spiro atoms. The van der Waals surface area contributed by atoms with Gasteiger partial charge in [0.25, 0.3) is 0 Å². The van der Waals surface area contributed by atoms with E-state index < -0.39 is 9.04 Å². The average Bonchev–Trinajstić information content (AvgIpc) is 2.85. The van der Waals surface area contributed by atoms with Crippen LogP contribution in [0.3, 0.4) is 0 Å². The van der Waals surface area contributed by atoms with Crippen LogP contribution in [0, 0.1) is 0 Å². The molecular formula is C15H20OSSi. The lowest BCUT2D eigenvalue weighted by Gasteiger charge is -2.09. The SMILES string of the molecule is CC(c1ccccc1)c1csc(CO[SiH](C)C)c1. The van der Waals surface area contributed by atoms with Crippen molar-refractivity contribution in [3.05, 3.63) is 57.8 Å². The molecule has 1 aromatic carbocycles. The molecule has 1 nitrogen and oxygen atoms in total. The van der Waals surface area contributed by atoms with Gasteiger partial charge < -0.3 is 4.43 Å². The minimum atomic E-state index is -0.908. The molecule has 0 saturated heterocycles. The molecule has 0 N–H and O–H groups in total. The van der Waals surface area contributed by atoms with Crippen LogP contribution in [0.2, 0.25) is 13.1 Å². The van der Waals surface area contributed by atoms with Crippen molar-refractivity contribution in [3.63, 3.8) is 0 Å². The Balaban J connectivity index is 2.06. The fourth-order valence-corrected chi connectivity index (χ4v) is 3.42. The molecule has 18 heavy (non-hydrogen) atoms. The zero-order valence-electron chi connectivity index (χ0n) is 11.2. The fourth-order valence-electron chi connectivity index (χ4n) is 1.88. The molecule has 2 rings (SSSR count). The van der Waals surface area contributed by atoms with Gasteiger partial charge in [0.15, 0.2) is 9.04 Å². The highest BCUT2D eigenvalue weighted by Crippen LogP contribution is 2.28. The Labute approximate surface area is 115 Å². The molecule has 1 heterocycles. The van der Waals surface area contributed by atoms with Crippen molar-refractivity contribution >= 4 is 20.4 Å². The Morgan fingerprint density at radius 2 is 1.89 bits per heavy atom. The van der Waals surface area contributed by atoms with Crippen molar-refractivity contribution in [2.24, 2.45) is 0 Å². The van der Waals surface area contributed by atoms with E-state index >= 15 is 0 Å². The molecule has 1 unspecified atom stereocenters. The molecule has 0 amide bonds. The van der Waals surface area contributed by atoms with E-state index in [-0.39, 0.29) is 0 Å². The van der Waals surface area contributed by atoms with Crippen molar-refractivity contribution in [2.45, 2.75) is 32.5 Å². The van der Waals surface area contributed by atoms with Crippen LogP contribution >= 0.6 is 11.3 Å². The van der Waals surface area contributed by atoms with Gasteiger partial charge in [0.2, 0.25) is 0 Å². The summed E-state index contributed by atoms with van der Waals surface area (Å²) in [5.41, 5.74) is 2.77. The van der Waals surface area contributed by atoms with Gasteiger partial charge >= 0.3 is 0 Å². The number of hydrogen-bond donors (Lipinski definition) is 0. The van der Waals surface area contributed by atoms with Crippen LogP contribution in [0.15, 0.2) is 41.8 Å². The van der Waals surface area contributed by atoms with E-state index in [2.05, 4.69) is 61.8 Å². The summed E-state index contributed by atoms with van der Waals surface area (Å²) in [5.74, 6) is 0.465. The summed E-state index contributed by atoms with van der Waals surface area (Å²) in [6.07, 6.45) is 0. The molecule has 96 valence electrons. The highest BCUT2D eigenvalue weighted by atomic mass is 32.1. The first-order valence-electron chi connectivity index (χ1n) is 6.40. The van der Waals surface area contributed by atoms with Crippen molar-refractivity contribution < 1.29 is 4.43 Å². The van der Waals surface area contributed by atoms with Crippen LogP contribution in [0.25, 0.3) is 0 Å². The summed E-state index contributed by atoms with van der Waals surface area (Å²) in [4.78, 5) is 1.34. The molecule has 0 fully saturated rings. The number of benzene rings is 1. The van der Waals surface area contributed by atoms with Crippen LogP contribution in [0.4, 0.5) is 0 Å². The Bertz CT molecular complexity index is 478. The van der Waals surface area contributed by atoms with Gasteiger partial charge in [0.05, 0.1) is 6.61 Å². The maximum atomic E-state index is 5.78. The highest BCUT2D eigenvalue weighted by Gasteiger charge is 2.10. The van der Waals surface area contributed by atoms with Gasteiger partial charge in [-0.05, 0) is 35.7 Å². The Morgan fingerprint density at radius 1 is 1.17 bits per heavy atom. The van der Waals surface area contributed by atoms with Crippen LogP contribution in [-0.2, 0) is 11.0 Å². The summed E-state index contributed by atoms with van der Waals surface area (Å²) < 4.78 is 5.78. The minimum Gasteiger partial charge on any atom is -0.415 e. The number of rotatable bonds is 5. The second-order valence-corrected chi connectivity index (χ2v) is 8.27. The normalized spacial score (nSPS) is 12.9. The maximum absolute atomic E-state index is 5.78. The van der Waals surface area contributed by atoms with E-state index in [0.29, 0.717) is 5.92 Å². The molecule has 2 aromatic rings. The summed E-state index contributed by atoms with van der Waals surface area (Å²) in [6.45, 7) is 7.47. The molecule has 3 heteroatoms.